The number of nitrogens with one attached hydrogen (secondary N) is 1. The fourth-order valence-electron chi connectivity index (χ4n) is 2.25. The molecule has 0 radical (unpaired) electrons. The molecule has 20 heavy (non-hydrogen) atoms. The third-order valence-electron chi connectivity index (χ3n) is 3.44. The molecule has 108 valence electrons. The lowest BCUT2D eigenvalue weighted by molar-refractivity contribution is -0.131. The first-order chi connectivity index (χ1) is 9.63. The van der Waals surface area contributed by atoms with Crippen LogP contribution in [-0.2, 0) is 16.0 Å². The predicted molar refractivity (Wildman–Crippen MR) is 79.5 cm³/mol. The van der Waals surface area contributed by atoms with Crippen molar-refractivity contribution in [2.75, 3.05) is 27.3 Å². The number of nitrogens with zero attached hydrogens (tertiary/aromatic N) is 1. The Kier molecular flexibility index (Phi) is 4.76. The van der Waals surface area contributed by atoms with Gasteiger partial charge in [-0.15, -0.1) is 0 Å². The molecule has 0 aliphatic heterocycles. The Morgan fingerprint density at radius 3 is 2.95 bits per heavy atom. The summed E-state index contributed by atoms with van der Waals surface area (Å²) in [6.07, 6.45) is 2.45. The van der Waals surface area contributed by atoms with Crippen LogP contribution in [0.5, 0.6) is 0 Å². The van der Waals surface area contributed by atoms with Gasteiger partial charge in [0.05, 0.1) is 12.6 Å². The summed E-state index contributed by atoms with van der Waals surface area (Å²) in [7, 11) is 3.36. The molecule has 2 aromatic rings. The first kappa shape index (κ1) is 14.6. The van der Waals surface area contributed by atoms with E-state index < -0.39 is 6.04 Å². The second-order valence-electron chi connectivity index (χ2n) is 4.92. The standard InChI is InChI=1S/C15H21N3O2/c1-18(7-8-20-2)15(19)13(16)9-11-10-17-14-6-4-3-5-12(11)14/h3-6,10,13,17H,7-9,16H2,1-2H3. The number of H-pyrrole nitrogens is 1. The molecule has 1 amide bonds. The van der Waals surface area contributed by atoms with Crippen molar-refractivity contribution in [3.8, 4) is 0 Å². The zero-order chi connectivity index (χ0) is 14.5. The minimum atomic E-state index is -0.531. The minimum absolute atomic E-state index is 0.0627. The zero-order valence-electron chi connectivity index (χ0n) is 11.9. The van der Waals surface area contributed by atoms with Gasteiger partial charge in [-0.2, -0.15) is 0 Å². The summed E-state index contributed by atoms with van der Waals surface area (Å²) in [6.45, 7) is 1.07. The first-order valence-electron chi connectivity index (χ1n) is 6.68. The second-order valence-corrected chi connectivity index (χ2v) is 4.92. The van der Waals surface area contributed by atoms with Gasteiger partial charge >= 0.3 is 0 Å². The van der Waals surface area contributed by atoms with E-state index in [-0.39, 0.29) is 5.91 Å². The number of hydrogen-bond donors (Lipinski definition) is 2. The Labute approximate surface area is 118 Å². The molecule has 0 saturated carbocycles. The number of carbonyl (C=O) groups excluding carboxylic acids is 1. The van der Waals surface area contributed by atoms with Gasteiger partial charge < -0.3 is 20.4 Å². The molecule has 1 unspecified atom stereocenters. The van der Waals surface area contributed by atoms with Crippen molar-refractivity contribution < 1.29 is 9.53 Å². The summed E-state index contributed by atoms with van der Waals surface area (Å²) >= 11 is 0. The molecule has 1 aromatic heterocycles. The number of ether oxygens (including phenoxy) is 1. The van der Waals surface area contributed by atoms with Crippen LogP contribution in [0.15, 0.2) is 30.5 Å². The molecule has 5 heteroatoms. The van der Waals surface area contributed by atoms with E-state index in [0.717, 1.165) is 16.5 Å². The number of likely N-dealkylation sites (N-methyl/N-ethyl adjacent to an activating group) is 1. The van der Waals surface area contributed by atoms with Gasteiger partial charge in [0.2, 0.25) is 5.91 Å². The van der Waals surface area contributed by atoms with Crippen LogP contribution in [0.3, 0.4) is 0 Å². The normalized spacial score (nSPS) is 12.6. The van der Waals surface area contributed by atoms with E-state index in [0.29, 0.717) is 19.6 Å². The number of hydrogen-bond acceptors (Lipinski definition) is 3. The fraction of sp³-hybridized carbons (Fsp3) is 0.400. The summed E-state index contributed by atoms with van der Waals surface area (Å²) in [4.78, 5) is 17.0. The van der Waals surface area contributed by atoms with Crippen molar-refractivity contribution in [2.45, 2.75) is 12.5 Å². The van der Waals surface area contributed by atoms with Crippen LogP contribution in [-0.4, -0.2) is 49.1 Å². The van der Waals surface area contributed by atoms with E-state index in [9.17, 15) is 4.79 Å². The average molecular weight is 275 g/mol. The van der Waals surface area contributed by atoms with Crippen LogP contribution in [0.1, 0.15) is 5.56 Å². The van der Waals surface area contributed by atoms with Gasteiger partial charge in [0.1, 0.15) is 0 Å². The first-order valence-corrected chi connectivity index (χ1v) is 6.68. The number of carbonyl (C=O) groups is 1. The lowest BCUT2D eigenvalue weighted by atomic mass is 10.0. The molecule has 1 atom stereocenters. The molecule has 0 fully saturated rings. The van der Waals surface area contributed by atoms with Crippen molar-refractivity contribution in [2.24, 2.45) is 5.73 Å². The molecule has 3 N–H and O–H groups in total. The van der Waals surface area contributed by atoms with Crippen molar-refractivity contribution in [1.29, 1.82) is 0 Å². The molecular formula is C15H21N3O2. The number of nitrogens with two attached hydrogens (primary N) is 1. The highest BCUT2D eigenvalue weighted by molar-refractivity contribution is 5.86. The van der Waals surface area contributed by atoms with Crippen LogP contribution in [0, 0.1) is 0 Å². The maximum absolute atomic E-state index is 12.1. The fourth-order valence-corrected chi connectivity index (χ4v) is 2.25. The molecule has 1 heterocycles. The Bertz CT molecular complexity index is 579. The smallest absolute Gasteiger partial charge is 0.239 e. The number of para-hydroxylation sites is 1. The van der Waals surface area contributed by atoms with Crippen LogP contribution in [0.25, 0.3) is 10.9 Å². The Morgan fingerprint density at radius 1 is 1.45 bits per heavy atom. The van der Waals surface area contributed by atoms with Crippen LogP contribution < -0.4 is 5.73 Å². The lowest BCUT2D eigenvalue weighted by Crippen LogP contribution is -2.44. The minimum Gasteiger partial charge on any atom is -0.383 e. The van der Waals surface area contributed by atoms with Gasteiger partial charge in [-0.1, -0.05) is 18.2 Å². The maximum atomic E-state index is 12.1. The van der Waals surface area contributed by atoms with Gasteiger partial charge in [-0.05, 0) is 18.1 Å². The molecular weight excluding hydrogens is 254 g/mol. The molecule has 5 nitrogen and oxygen atoms in total. The van der Waals surface area contributed by atoms with Crippen molar-refractivity contribution in [3.63, 3.8) is 0 Å². The van der Waals surface area contributed by atoms with Gasteiger partial charge in [0.25, 0.3) is 0 Å². The second kappa shape index (κ2) is 6.54. The predicted octanol–water partition coefficient (Wildman–Crippen LogP) is 1.14. The molecule has 0 spiro atoms. The molecule has 0 aliphatic rings. The van der Waals surface area contributed by atoms with Crippen molar-refractivity contribution in [3.05, 3.63) is 36.0 Å². The van der Waals surface area contributed by atoms with Gasteiger partial charge in [-0.25, -0.2) is 0 Å². The molecule has 0 aliphatic carbocycles. The van der Waals surface area contributed by atoms with E-state index in [1.807, 2.05) is 30.5 Å². The quantitative estimate of drug-likeness (QED) is 0.830. The Morgan fingerprint density at radius 2 is 2.20 bits per heavy atom. The molecule has 2 rings (SSSR count). The van der Waals surface area contributed by atoms with E-state index in [1.165, 1.54) is 0 Å². The largest absolute Gasteiger partial charge is 0.383 e. The third-order valence-corrected chi connectivity index (χ3v) is 3.44. The number of fused-ring (bicyclic) bond motifs is 1. The molecule has 0 saturated heterocycles. The maximum Gasteiger partial charge on any atom is 0.239 e. The summed E-state index contributed by atoms with van der Waals surface area (Å²) in [6, 6.07) is 7.48. The highest BCUT2D eigenvalue weighted by atomic mass is 16.5. The molecule has 1 aromatic carbocycles. The summed E-state index contributed by atoms with van der Waals surface area (Å²) in [5.41, 5.74) is 8.16. The lowest BCUT2D eigenvalue weighted by Gasteiger charge is -2.20. The van der Waals surface area contributed by atoms with Crippen LogP contribution >= 0.6 is 0 Å². The number of aromatic amines is 1. The van der Waals surface area contributed by atoms with Crippen molar-refractivity contribution >= 4 is 16.8 Å². The highest BCUT2D eigenvalue weighted by Crippen LogP contribution is 2.18. The topological polar surface area (TPSA) is 71.3 Å². The number of aromatic nitrogens is 1. The van der Waals surface area contributed by atoms with E-state index in [2.05, 4.69) is 4.98 Å². The Hall–Kier alpha value is -1.85. The zero-order valence-corrected chi connectivity index (χ0v) is 11.9. The van der Waals surface area contributed by atoms with E-state index in [4.69, 9.17) is 10.5 Å². The molecule has 0 bridgehead atoms. The van der Waals surface area contributed by atoms with E-state index >= 15 is 0 Å². The highest BCUT2D eigenvalue weighted by Gasteiger charge is 2.19. The number of benzene rings is 1. The van der Waals surface area contributed by atoms with Crippen LogP contribution in [0.4, 0.5) is 0 Å². The van der Waals surface area contributed by atoms with Gasteiger partial charge in [-0.3, -0.25) is 4.79 Å². The third kappa shape index (κ3) is 3.18. The number of amides is 1. The van der Waals surface area contributed by atoms with Crippen LogP contribution in [0.2, 0.25) is 0 Å². The Balaban J connectivity index is 2.03. The van der Waals surface area contributed by atoms with Gasteiger partial charge in [0, 0.05) is 37.8 Å². The monoisotopic (exact) mass is 275 g/mol. The number of methoxy groups -OCH3 is 1. The summed E-state index contributed by atoms with van der Waals surface area (Å²) in [5.74, 6) is -0.0627. The van der Waals surface area contributed by atoms with Gasteiger partial charge in [0.15, 0.2) is 0 Å². The summed E-state index contributed by atoms with van der Waals surface area (Å²) in [5, 5.41) is 1.12. The van der Waals surface area contributed by atoms with Crippen molar-refractivity contribution in [1.82, 2.24) is 9.88 Å². The number of rotatable bonds is 6. The SMILES string of the molecule is COCCN(C)C(=O)C(N)Cc1c[nH]c2ccccc12. The summed E-state index contributed by atoms with van der Waals surface area (Å²) < 4.78 is 4.97. The average Bonchev–Trinajstić information content (AvgIpc) is 2.87. The van der Waals surface area contributed by atoms with E-state index in [1.54, 1.807) is 19.1 Å².